The van der Waals surface area contributed by atoms with Crippen LogP contribution < -0.4 is 10.0 Å². The van der Waals surface area contributed by atoms with Gasteiger partial charge in [-0.05, 0) is 48.4 Å². The number of rotatable bonds is 4. The number of benzene rings is 1. The molecular weight excluding hydrogens is 316 g/mol. The fourth-order valence-electron chi connectivity index (χ4n) is 3.44. The van der Waals surface area contributed by atoms with Gasteiger partial charge in [0.2, 0.25) is 15.9 Å². The number of fused-ring (bicyclic) bond motifs is 1. The summed E-state index contributed by atoms with van der Waals surface area (Å²) in [6.45, 7) is 1.00. The zero-order valence-corrected chi connectivity index (χ0v) is 13.6. The highest BCUT2D eigenvalue weighted by Crippen LogP contribution is 2.36. The van der Waals surface area contributed by atoms with Gasteiger partial charge in [0.05, 0.1) is 18.1 Å². The molecule has 0 spiro atoms. The molecule has 1 aromatic carbocycles. The van der Waals surface area contributed by atoms with E-state index in [1.54, 1.807) is 12.1 Å². The minimum Gasteiger partial charge on any atom is -0.372 e. The summed E-state index contributed by atoms with van der Waals surface area (Å²) in [6.07, 6.45) is 3.04. The third kappa shape index (κ3) is 3.00. The molecule has 0 radical (unpaired) electrons. The Bertz CT molecular complexity index is 742. The molecule has 1 saturated carbocycles. The van der Waals surface area contributed by atoms with Crippen LogP contribution in [0.15, 0.2) is 23.1 Å². The normalized spacial score (nSPS) is 27.6. The summed E-state index contributed by atoms with van der Waals surface area (Å²) in [6, 6.07) is 4.83. The van der Waals surface area contributed by atoms with Crippen LogP contribution in [-0.4, -0.2) is 26.4 Å². The molecule has 1 amide bonds. The summed E-state index contributed by atoms with van der Waals surface area (Å²) >= 11 is 0. The van der Waals surface area contributed by atoms with Gasteiger partial charge in [0.25, 0.3) is 0 Å². The summed E-state index contributed by atoms with van der Waals surface area (Å²) in [5.41, 5.74) is 1.98. The molecule has 2 heterocycles. The standard InChI is InChI=1S/C16H20N2O4S/c19-15-6-5-14(16(17-15)10-1-2-10)18-23(20,21)13-4-3-11-8-22-9-12(11)7-13/h3-4,7,10,14,16,18H,1-2,5-6,8-9H2,(H,17,19)/t14-,16+/m1/s1. The number of ether oxygens (including phenoxy) is 1. The molecule has 6 nitrogen and oxygen atoms in total. The molecule has 7 heteroatoms. The first-order chi connectivity index (χ1) is 11.0. The Balaban J connectivity index is 1.55. The number of carbonyl (C=O) groups is 1. The average molecular weight is 336 g/mol. The SMILES string of the molecule is O=C1CC[C@@H](NS(=O)(=O)c2ccc3c(c2)COC3)[C@H](C2CC2)N1. The van der Waals surface area contributed by atoms with Crippen LogP contribution in [0.25, 0.3) is 0 Å². The van der Waals surface area contributed by atoms with Gasteiger partial charge in [-0.3, -0.25) is 4.79 Å². The van der Waals surface area contributed by atoms with Crippen LogP contribution in [0.5, 0.6) is 0 Å². The summed E-state index contributed by atoms with van der Waals surface area (Å²) in [7, 11) is -3.59. The Morgan fingerprint density at radius 3 is 2.70 bits per heavy atom. The van der Waals surface area contributed by atoms with Crippen molar-refractivity contribution in [3.8, 4) is 0 Å². The second kappa shape index (κ2) is 5.58. The lowest BCUT2D eigenvalue weighted by Gasteiger charge is -2.32. The third-order valence-corrected chi connectivity index (χ3v) is 6.37. The first-order valence-electron chi connectivity index (χ1n) is 8.04. The van der Waals surface area contributed by atoms with E-state index in [-0.39, 0.29) is 22.9 Å². The van der Waals surface area contributed by atoms with E-state index < -0.39 is 10.0 Å². The molecule has 2 aliphatic heterocycles. The van der Waals surface area contributed by atoms with Gasteiger partial charge in [-0.1, -0.05) is 6.07 Å². The molecule has 2 N–H and O–H groups in total. The van der Waals surface area contributed by atoms with Crippen LogP contribution in [0, 0.1) is 5.92 Å². The predicted molar refractivity (Wildman–Crippen MR) is 82.9 cm³/mol. The van der Waals surface area contributed by atoms with Gasteiger partial charge in [-0.2, -0.15) is 0 Å². The molecule has 2 fully saturated rings. The zero-order chi connectivity index (χ0) is 16.0. The minimum atomic E-state index is -3.59. The van der Waals surface area contributed by atoms with Crippen molar-refractivity contribution in [2.45, 2.75) is 55.9 Å². The van der Waals surface area contributed by atoms with Crippen molar-refractivity contribution in [3.63, 3.8) is 0 Å². The summed E-state index contributed by atoms with van der Waals surface area (Å²) in [5, 5.41) is 2.96. The maximum Gasteiger partial charge on any atom is 0.240 e. The van der Waals surface area contributed by atoms with Gasteiger partial charge >= 0.3 is 0 Å². The van der Waals surface area contributed by atoms with E-state index in [0.717, 1.165) is 24.0 Å². The minimum absolute atomic E-state index is 0.0204. The number of amides is 1. The van der Waals surface area contributed by atoms with Crippen LogP contribution in [-0.2, 0) is 32.8 Å². The lowest BCUT2D eigenvalue weighted by Crippen LogP contribution is -2.56. The number of hydrogen-bond acceptors (Lipinski definition) is 4. The average Bonchev–Trinajstić information content (AvgIpc) is 3.25. The molecule has 23 heavy (non-hydrogen) atoms. The number of nitrogens with one attached hydrogen (secondary N) is 2. The fourth-order valence-corrected chi connectivity index (χ4v) is 4.79. The summed E-state index contributed by atoms with van der Waals surface area (Å²) < 4.78 is 33.6. The highest BCUT2D eigenvalue weighted by Gasteiger charge is 2.41. The molecule has 4 rings (SSSR count). The second-order valence-electron chi connectivity index (χ2n) is 6.62. The van der Waals surface area contributed by atoms with Gasteiger partial charge in [0, 0.05) is 18.5 Å². The molecule has 0 aromatic heterocycles. The molecule has 1 saturated heterocycles. The summed E-state index contributed by atoms with van der Waals surface area (Å²) in [5.74, 6) is 0.424. The van der Waals surface area contributed by atoms with E-state index in [2.05, 4.69) is 10.0 Å². The second-order valence-corrected chi connectivity index (χ2v) is 8.33. The Morgan fingerprint density at radius 2 is 1.91 bits per heavy atom. The number of piperidine rings is 1. The van der Waals surface area contributed by atoms with E-state index in [1.807, 2.05) is 6.07 Å². The van der Waals surface area contributed by atoms with Crippen LogP contribution >= 0.6 is 0 Å². The zero-order valence-electron chi connectivity index (χ0n) is 12.7. The van der Waals surface area contributed by atoms with E-state index in [0.29, 0.717) is 32.0 Å². The third-order valence-electron chi connectivity index (χ3n) is 4.88. The molecule has 3 aliphatic rings. The van der Waals surface area contributed by atoms with Crippen molar-refractivity contribution in [2.24, 2.45) is 5.92 Å². The maximum absolute atomic E-state index is 12.7. The van der Waals surface area contributed by atoms with Crippen LogP contribution in [0.3, 0.4) is 0 Å². The van der Waals surface area contributed by atoms with Crippen molar-refractivity contribution < 1.29 is 17.9 Å². The largest absolute Gasteiger partial charge is 0.372 e. The van der Waals surface area contributed by atoms with Crippen molar-refractivity contribution in [3.05, 3.63) is 29.3 Å². The Labute approximate surface area is 135 Å². The molecule has 1 aliphatic carbocycles. The van der Waals surface area contributed by atoms with Crippen LogP contribution in [0.1, 0.15) is 36.8 Å². The van der Waals surface area contributed by atoms with Crippen molar-refractivity contribution in [1.29, 1.82) is 0 Å². The van der Waals surface area contributed by atoms with Gasteiger partial charge < -0.3 is 10.1 Å². The lowest BCUT2D eigenvalue weighted by molar-refractivity contribution is -0.123. The quantitative estimate of drug-likeness (QED) is 0.861. The smallest absolute Gasteiger partial charge is 0.240 e. The molecule has 2 atom stereocenters. The van der Waals surface area contributed by atoms with Gasteiger partial charge in [0.15, 0.2) is 0 Å². The number of sulfonamides is 1. The molecule has 124 valence electrons. The van der Waals surface area contributed by atoms with E-state index >= 15 is 0 Å². The number of hydrogen-bond donors (Lipinski definition) is 2. The molecule has 0 unspecified atom stereocenters. The number of carbonyl (C=O) groups excluding carboxylic acids is 1. The van der Waals surface area contributed by atoms with Crippen molar-refractivity contribution in [1.82, 2.24) is 10.0 Å². The monoisotopic (exact) mass is 336 g/mol. The highest BCUT2D eigenvalue weighted by atomic mass is 32.2. The van der Waals surface area contributed by atoms with Gasteiger partial charge in [-0.15, -0.1) is 0 Å². The Hall–Kier alpha value is -1.44. The first kappa shape index (κ1) is 15.1. The van der Waals surface area contributed by atoms with Crippen molar-refractivity contribution >= 4 is 15.9 Å². The maximum atomic E-state index is 12.7. The molecule has 1 aromatic rings. The van der Waals surface area contributed by atoms with E-state index in [4.69, 9.17) is 4.74 Å². The Morgan fingerprint density at radius 1 is 1.13 bits per heavy atom. The lowest BCUT2D eigenvalue weighted by atomic mass is 9.95. The van der Waals surface area contributed by atoms with Gasteiger partial charge in [-0.25, -0.2) is 13.1 Å². The topological polar surface area (TPSA) is 84.5 Å². The van der Waals surface area contributed by atoms with E-state index in [9.17, 15) is 13.2 Å². The first-order valence-corrected chi connectivity index (χ1v) is 9.52. The van der Waals surface area contributed by atoms with E-state index in [1.165, 1.54) is 0 Å². The van der Waals surface area contributed by atoms with Crippen LogP contribution in [0.2, 0.25) is 0 Å². The molecular formula is C16H20N2O4S. The van der Waals surface area contributed by atoms with Crippen LogP contribution in [0.4, 0.5) is 0 Å². The highest BCUT2D eigenvalue weighted by molar-refractivity contribution is 7.89. The summed E-state index contributed by atoms with van der Waals surface area (Å²) in [4.78, 5) is 11.9. The Kier molecular flexibility index (Phi) is 3.66. The van der Waals surface area contributed by atoms with Gasteiger partial charge in [0.1, 0.15) is 0 Å². The predicted octanol–water partition coefficient (Wildman–Crippen LogP) is 1.05. The molecule has 0 bridgehead atoms. The fraction of sp³-hybridized carbons (Fsp3) is 0.562. The van der Waals surface area contributed by atoms with Crippen molar-refractivity contribution in [2.75, 3.05) is 0 Å².